The van der Waals surface area contributed by atoms with Crippen LogP contribution < -0.4 is 10.6 Å². The Morgan fingerprint density at radius 2 is 1.83 bits per heavy atom. The molecule has 5 heteroatoms. The van der Waals surface area contributed by atoms with Gasteiger partial charge >= 0.3 is 0 Å². The predicted molar refractivity (Wildman–Crippen MR) is 95.4 cm³/mol. The first-order chi connectivity index (χ1) is 11.6. The number of nitrogens with one attached hydrogen (secondary N) is 2. The minimum absolute atomic E-state index is 0.181. The average molecular weight is 329 g/mol. The van der Waals surface area contributed by atoms with Gasteiger partial charge < -0.3 is 15.7 Å². The number of benzene rings is 2. The van der Waals surface area contributed by atoms with E-state index >= 15 is 0 Å². The van der Waals surface area contributed by atoms with Crippen molar-refractivity contribution in [1.82, 2.24) is 10.6 Å². The summed E-state index contributed by atoms with van der Waals surface area (Å²) in [6.07, 6.45) is -0.937. The van der Waals surface area contributed by atoms with Crippen LogP contribution in [-0.2, 0) is 6.54 Å². The molecule has 0 spiro atoms. The fourth-order valence-electron chi connectivity index (χ4n) is 2.34. The molecule has 3 N–H and O–H groups in total. The number of hydrogen-bond acceptors (Lipinski definition) is 2. The third-order valence-corrected chi connectivity index (χ3v) is 3.74. The molecular weight excluding hydrogens is 305 g/mol. The largest absolute Gasteiger partial charge is 0.386 e. The van der Waals surface area contributed by atoms with E-state index in [1.807, 2.05) is 38.1 Å². The third kappa shape index (κ3) is 5.06. The number of rotatable bonds is 6. The summed E-state index contributed by atoms with van der Waals surface area (Å²) in [7, 11) is 0. The molecule has 0 saturated heterocycles. The predicted octanol–water partition coefficient (Wildman–Crippen LogP) is 2.92. The number of hydrogen-bond donors (Lipinski definition) is 3. The second-order valence-corrected chi connectivity index (χ2v) is 5.54. The summed E-state index contributed by atoms with van der Waals surface area (Å²) in [5, 5.41) is 16.3. The van der Waals surface area contributed by atoms with Crippen LogP contribution in [-0.4, -0.2) is 24.2 Å². The van der Waals surface area contributed by atoms with E-state index in [9.17, 15) is 9.50 Å². The lowest BCUT2D eigenvalue weighted by molar-refractivity contribution is 0.176. The van der Waals surface area contributed by atoms with E-state index < -0.39 is 11.9 Å². The topological polar surface area (TPSA) is 56.7 Å². The lowest BCUT2D eigenvalue weighted by Gasteiger charge is -2.16. The number of guanidine groups is 1. The van der Waals surface area contributed by atoms with Crippen LogP contribution in [0.25, 0.3) is 0 Å². The molecule has 2 aromatic rings. The van der Waals surface area contributed by atoms with Gasteiger partial charge in [0.1, 0.15) is 5.82 Å². The van der Waals surface area contributed by atoms with Gasteiger partial charge in [-0.05, 0) is 31.0 Å². The standard InChI is InChI=1S/C19H24FN3O/c1-3-21-19(22-12-15-9-5-4-8-14(15)2)23-13-18(24)16-10-6-7-11-17(16)20/h4-11,18,24H,3,12-13H2,1-2H3,(H2,21,22,23). The second kappa shape index (κ2) is 9.03. The van der Waals surface area contributed by atoms with E-state index in [0.29, 0.717) is 19.0 Å². The van der Waals surface area contributed by atoms with Crippen LogP contribution in [0.4, 0.5) is 4.39 Å². The van der Waals surface area contributed by atoms with Crippen molar-refractivity contribution in [3.05, 3.63) is 71.0 Å². The van der Waals surface area contributed by atoms with Crippen LogP contribution in [0.3, 0.4) is 0 Å². The Morgan fingerprint density at radius 3 is 2.54 bits per heavy atom. The SMILES string of the molecule is CCNC(=NCc1ccccc1C)NCC(O)c1ccccc1F. The zero-order valence-corrected chi connectivity index (χ0v) is 14.1. The van der Waals surface area contributed by atoms with Crippen LogP contribution in [0, 0.1) is 12.7 Å². The maximum Gasteiger partial charge on any atom is 0.191 e. The number of halogens is 1. The summed E-state index contributed by atoms with van der Waals surface area (Å²) in [5.74, 6) is 0.185. The molecule has 24 heavy (non-hydrogen) atoms. The van der Waals surface area contributed by atoms with Crippen molar-refractivity contribution in [1.29, 1.82) is 0 Å². The van der Waals surface area contributed by atoms with Gasteiger partial charge in [0, 0.05) is 18.7 Å². The monoisotopic (exact) mass is 329 g/mol. The normalized spacial score (nSPS) is 12.8. The second-order valence-electron chi connectivity index (χ2n) is 5.54. The minimum Gasteiger partial charge on any atom is -0.386 e. The Morgan fingerprint density at radius 1 is 1.12 bits per heavy atom. The Balaban J connectivity index is 1.99. The van der Waals surface area contributed by atoms with Gasteiger partial charge in [-0.25, -0.2) is 9.38 Å². The van der Waals surface area contributed by atoms with E-state index in [-0.39, 0.29) is 12.1 Å². The Kier molecular flexibility index (Phi) is 6.75. The van der Waals surface area contributed by atoms with Gasteiger partial charge in [0.05, 0.1) is 12.6 Å². The first-order valence-corrected chi connectivity index (χ1v) is 8.11. The lowest BCUT2D eigenvalue weighted by Crippen LogP contribution is -2.39. The maximum atomic E-state index is 13.7. The van der Waals surface area contributed by atoms with E-state index in [2.05, 4.69) is 15.6 Å². The molecule has 4 nitrogen and oxygen atoms in total. The minimum atomic E-state index is -0.937. The molecule has 0 bridgehead atoms. The summed E-state index contributed by atoms with van der Waals surface area (Å²) >= 11 is 0. The van der Waals surface area contributed by atoms with Crippen LogP contribution in [0.5, 0.6) is 0 Å². The molecule has 1 atom stereocenters. The summed E-state index contributed by atoms with van der Waals surface area (Å²) < 4.78 is 13.7. The highest BCUT2D eigenvalue weighted by molar-refractivity contribution is 5.79. The highest BCUT2D eigenvalue weighted by Gasteiger charge is 2.12. The molecule has 0 radical (unpaired) electrons. The number of aliphatic hydroxyl groups excluding tert-OH is 1. The molecule has 0 aliphatic carbocycles. The molecule has 0 heterocycles. The molecule has 0 fully saturated rings. The summed E-state index contributed by atoms with van der Waals surface area (Å²) in [6.45, 7) is 5.44. The molecule has 128 valence electrons. The van der Waals surface area contributed by atoms with Crippen molar-refractivity contribution >= 4 is 5.96 Å². The van der Waals surface area contributed by atoms with E-state index in [1.165, 1.54) is 11.6 Å². The van der Waals surface area contributed by atoms with Crippen molar-refractivity contribution in [2.75, 3.05) is 13.1 Å². The van der Waals surface area contributed by atoms with Gasteiger partial charge in [-0.15, -0.1) is 0 Å². The fourth-order valence-corrected chi connectivity index (χ4v) is 2.34. The molecule has 0 aromatic heterocycles. The third-order valence-electron chi connectivity index (χ3n) is 3.74. The van der Waals surface area contributed by atoms with E-state index in [0.717, 1.165) is 5.56 Å². The first kappa shape index (κ1) is 17.9. The van der Waals surface area contributed by atoms with Crippen molar-refractivity contribution < 1.29 is 9.50 Å². The van der Waals surface area contributed by atoms with Gasteiger partial charge in [0.2, 0.25) is 0 Å². The van der Waals surface area contributed by atoms with Crippen LogP contribution in [0.1, 0.15) is 29.7 Å². The molecule has 2 rings (SSSR count). The lowest BCUT2D eigenvalue weighted by atomic mass is 10.1. The Bertz CT molecular complexity index is 688. The van der Waals surface area contributed by atoms with Crippen LogP contribution in [0.15, 0.2) is 53.5 Å². The smallest absolute Gasteiger partial charge is 0.191 e. The number of aliphatic imine (C=N–C) groups is 1. The highest BCUT2D eigenvalue weighted by atomic mass is 19.1. The quantitative estimate of drug-likeness (QED) is 0.564. The zero-order valence-electron chi connectivity index (χ0n) is 14.1. The fraction of sp³-hybridized carbons (Fsp3) is 0.316. The molecule has 0 amide bonds. The van der Waals surface area contributed by atoms with E-state index in [1.54, 1.807) is 18.2 Å². The Labute approximate surface area is 142 Å². The van der Waals surface area contributed by atoms with E-state index in [4.69, 9.17) is 0 Å². The number of nitrogens with zero attached hydrogens (tertiary/aromatic N) is 1. The Hall–Kier alpha value is -2.40. The van der Waals surface area contributed by atoms with Crippen molar-refractivity contribution in [3.63, 3.8) is 0 Å². The summed E-state index contributed by atoms with van der Waals surface area (Å²) in [4.78, 5) is 4.52. The summed E-state index contributed by atoms with van der Waals surface area (Å²) in [5.41, 5.74) is 2.60. The van der Waals surface area contributed by atoms with Gasteiger partial charge in [-0.2, -0.15) is 0 Å². The molecule has 0 aliphatic heterocycles. The van der Waals surface area contributed by atoms with Gasteiger partial charge in [-0.1, -0.05) is 42.5 Å². The van der Waals surface area contributed by atoms with Crippen molar-refractivity contribution in [2.45, 2.75) is 26.5 Å². The summed E-state index contributed by atoms with van der Waals surface area (Å²) in [6, 6.07) is 14.3. The maximum absolute atomic E-state index is 13.7. The molecular formula is C19H24FN3O. The van der Waals surface area contributed by atoms with Gasteiger partial charge in [0.15, 0.2) is 5.96 Å². The molecule has 2 aromatic carbocycles. The first-order valence-electron chi connectivity index (χ1n) is 8.11. The van der Waals surface area contributed by atoms with Crippen molar-refractivity contribution in [3.8, 4) is 0 Å². The number of aliphatic hydroxyl groups is 1. The highest BCUT2D eigenvalue weighted by Crippen LogP contribution is 2.15. The molecule has 0 saturated carbocycles. The van der Waals surface area contributed by atoms with Crippen molar-refractivity contribution in [2.24, 2.45) is 4.99 Å². The van der Waals surface area contributed by atoms with Gasteiger partial charge in [0.25, 0.3) is 0 Å². The molecule has 0 aliphatic rings. The zero-order chi connectivity index (χ0) is 17.4. The van der Waals surface area contributed by atoms with Gasteiger partial charge in [-0.3, -0.25) is 0 Å². The van der Waals surface area contributed by atoms with Crippen LogP contribution >= 0.6 is 0 Å². The average Bonchev–Trinajstić information content (AvgIpc) is 2.58. The molecule has 1 unspecified atom stereocenters. The number of aryl methyl sites for hydroxylation is 1. The van der Waals surface area contributed by atoms with Crippen LogP contribution in [0.2, 0.25) is 0 Å².